The smallest absolute Gasteiger partial charge is 0.234 e. The van der Waals surface area contributed by atoms with Gasteiger partial charge in [0.1, 0.15) is 5.75 Å². The quantitative estimate of drug-likeness (QED) is 0.783. The normalized spacial score (nSPS) is 10.4. The van der Waals surface area contributed by atoms with Crippen LogP contribution in [0.2, 0.25) is 0 Å². The fraction of sp³-hybridized carbons (Fsp3) is 0.462. The highest BCUT2D eigenvalue weighted by Gasteiger charge is 2.02. The van der Waals surface area contributed by atoms with Crippen molar-refractivity contribution in [1.82, 2.24) is 10.6 Å². The van der Waals surface area contributed by atoms with Crippen molar-refractivity contribution in [2.75, 3.05) is 13.7 Å². The molecule has 0 atom stereocenters. The number of hydrogen-bond donors (Lipinski definition) is 2. The molecular formula is C13H20N2O2. The molecule has 0 bridgehead atoms. The van der Waals surface area contributed by atoms with E-state index >= 15 is 0 Å². The molecule has 0 aliphatic carbocycles. The van der Waals surface area contributed by atoms with Gasteiger partial charge in [-0.25, -0.2) is 0 Å². The van der Waals surface area contributed by atoms with Crippen LogP contribution in [0.4, 0.5) is 0 Å². The zero-order chi connectivity index (χ0) is 12.7. The zero-order valence-electron chi connectivity index (χ0n) is 10.6. The number of carbonyl (C=O) groups is 1. The van der Waals surface area contributed by atoms with Crippen molar-refractivity contribution in [3.63, 3.8) is 0 Å². The molecule has 0 radical (unpaired) electrons. The van der Waals surface area contributed by atoms with E-state index in [2.05, 4.69) is 10.6 Å². The predicted octanol–water partition coefficient (Wildman–Crippen LogP) is 1.31. The Kier molecular flexibility index (Phi) is 5.49. The number of nitrogens with one attached hydrogen (secondary N) is 2. The molecule has 1 amide bonds. The van der Waals surface area contributed by atoms with Crippen molar-refractivity contribution in [2.24, 2.45) is 0 Å². The average molecular weight is 236 g/mol. The molecule has 94 valence electrons. The lowest BCUT2D eigenvalue weighted by Crippen LogP contribution is -2.37. The Morgan fingerprint density at radius 1 is 1.41 bits per heavy atom. The van der Waals surface area contributed by atoms with Crippen molar-refractivity contribution in [1.29, 1.82) is 0 Å². The second-order valence-electron chi connectivity index (χ2n) is 4.18. The van der Waals surface area contributed by atoms with Gasteiger partial charge in [0.05, 0.1) is 13.7 Å². The van der Waals surface area contributed by atoms with E-state index in [0.29, 0.717) is 13.1 Å². The van der Waals surface area contributed by atoms with Crippen LogP contribution in [0.25, 0.3) is 0 Å². The molecule has 0 unspecified atom stereocenters. The Bertz CT molecular complexity index is 364. The minimum Gasteiger partial charge on any atom is -0.497 e. The summed E-state index contributed by atoms with van der Waals surface area (Å²) in [6, 6.07) is 7.96. The summed E-state index contributed by atoms with van der Waals surface area (Å²) in [5, 5.41) is 5.92. The summed E-state index contributed by atoms with van der Waals surface area (Å²) in [7, 11) is 1.64. The summed E-state index contributed by atoms with van der Waals surface area (Å²) in [6.07, 6.45) is 0. The maximum absolute atomic E-state index is 11.4. The molecule has 0 saturated carbocycles. The zero-order valence-corrected chi connectivity index (χ0v) is 10.6. The Balaban J connectivity index is 2.32. The molecule has 0 aromatic heterocycles. The third-order valence-electron chi connectivity index (χ3n) is 2.20. The molecule has 4 nitrogen and oxygen atoms in total. The van der Waals surface area contributed by atoms with Gasteiger partial charge >= 0.3 is 0 Å². The summed E-state index contributed by atoms with van der Waals surface area (Å²) in [5.74, 6) is 0.846. The number of methoxy groups -OCH3 is 1. The number of ether oxygens (including phenoxy) is 1. The largest absolute Gasteiger partial charge is 0.497 e. The van der Waals surface area contributed by atoms with E-state index in [9.17, 15) is 4.79 Å². The third-order valence-corrected chi connectivity index (χ3v) is 2.20. The molecule has 0 saturated heterocycles. The Labute approximate surface area is 102 Å². The molecule has 1 aromatic rings. The molecule has 4 heteroatoms. The first-order chi connectivity index (χ1) is 8.11. The standard InChI is InChI=1S/C13H20N2O2/c1-10(2)15-13(16)9-14-8-11-5-4-6-12(7-11)17-3/h4-7,10,14H,8-9H2,1-3H3,(H,15,16). The molecule has 17 heavy (non-hydrogen) atoms. The van der Waals surface area contributed by atoms with E-state index in [-0.39, 0.29) is 11.9 Å². The Hall–Kier alpha value is -1.55. The van der Waals surface area contributed by atoms with Gasteiger partial charge < -0.3 is 15.4 Å². The highest BCUT2D eigenvalue weighted by Crippen LogP contribution is 2.11. The molecule has 1 rings (SSSR count). The van der Waals surface area contributed by atoms with E-state index in [1.807, 2.05) is 38.1 Å². The van der Waals surface area contributed by atoms with E-state index in [4.69, 9.17) is 4.74 Å². The van der Waals surface area contributed by atoms with Crippen LogP contribution >= 0.6 is 0 Å². The van der Waals surface area contributed by atoms with Crippen molar-refractivity contribution in [3.8, 4) is 5.75 Å². The van der Waals surface area contributed by atoms with Gasteiger partial charge in [0.15, 0.2) is 0 Å². The van der Waals surface area contributed by atoms with E-state index in [1.165, 1.54) is 0 Å². The van der Waals surface area contributed by atoms with Gasteiger partial charge in [-0.15, -0.1) is 0 Å². The first kappa shape index (κ1) is 13.5. The van der Waals surface area contributed by atoms with Crippen molar-refractivity contribution in [2.45, 2.75) is 26.4 Å². The van der Waals surface area contributed by atoms with Gasteiger partial charge in [0.25, 0.3) is 0 Å². The number of benzene rings is 1. The highest BCUT2D eigenvalue weighted by atomic mass is 16.5. The molecular weight excluding hydrogens is 216 g/mol. The van der Waals surface area contributed by atoms with Gasteiger partial charge in [0.2, 0.25) is 5.91 Å². The van der Waals surface area contributed by atoms with Crippen LogP contribution < -0.4 is 15.4 Å². The van der Waals surface area contributed by atoms with E-state index < -0.39 is 0 Å². The van der Waals surface area contributed by atoms with Crippen LogP contribution in [0.15, 0.2) is 24.3 Å². The van der Waals surface area contributed by atoms with Crippen molar-refractivity contribution in [3.05, 3.63) is 29.8 Å². The van der Waals surface area contributed by atoms with Crippen LogP contribution in [0.1, 0.15) is 19.4 Å². The van der Waals surface area contributed by atoms with E-state index in [1.54, 1.807) is 7.11 Å². The summed E-state index contributed by atoms with van der Waals surface area (Å²) in [5.41, 5.74) is 1.10. The second kappa shape index (κ2) is 6.91. The highest BCUT2D eigenvalue weighted by molar-refractivity contribution is 5.78. The van der Waals surface area contributed by atoms with Crippen LogP contribution in [0.3, 0.4) is 0 Å². The molecule has 0 aliphatic heterocycles. The summed E-state index contributed by atoms with van der Waals surface area (Å²) < 4.78 is 5.13. The van der Waals surface area contributed by atoms with Crippen molar-refractivity contribution < 1.29 is 9.53 Å². The summed E-state index contributed by atoms with van der Waals surface area (Å²) in [4.78, 5) is 11.4. The second-order valence-corrected chi connectivity index (χ2v) is 4.18. The lowest BCUT2D eigenvalue weighted by atomic mass is 10.2. The monoisotopic (exact) mass is 236 g/mol. The summed E-state index contributed by atoms with van der Waals surface area (Å²) in [6.45, 7) is 4.87. The van der Waals surface area contributed by atoms with Crippen LogP contribution in [0, 0.1) is 0 Å². The molecule has 1 aromatic carbocycles. The molecule has 2 N–H and O–H groups in total. The lowest BCUT2D eigenvalue weighted by molar-refractivity contribution is -0.120. The maximum Gasteiger partial charge on any atom is 0.234 e. The first-order valence-electron chi connectivity index (χ1n) is 5.75. The Morgan fingerprint density at radius 2 is 2.18 bits per heavy atom. The number of hydrogen-bond acceptors (Lipinski definition) is 3. The number of rotatable bonds is 6. The van der Waals surface area contributed by atoms with Gasteiger partial charge in [-0.1, -0.05) is 12.1 Å². The minimum atomic E-state index is 0.0166. The minimum absolute atomic E-state index is 0.0166. The van der Waals surface area contributed by atoms with Crippen LogP contribution in [-0.2, 0) is 11.3 Å². The molecule has 0 spiro atoms. The third kappa shape index (κ3) is 5.36. The van der Waals surface area contributed by atoms with Gasteiger partial charge in [-0.2, -0.15) is 0 Å². The number of carbonyl (C=O) groups excluding carboxylic acids is 1. The lowest BCUT2D eigenvalue weighted by Gasteiger charge is -2.09. The topological polar surface area (TPSA) is 50.4 Å². The summed E-state index contributed by atoms with van der Waals surface area (Å²) >= 11 is 0. The first-order valence-corrected chi connectivity index (χ1v) is 5.75. The predicted molar refractivity (Wildman–Crippen MR) is 68.0 cm³/mol. The molecule has 0 heterocycles. The van der Waals surface area contributed by atoms with Gasteiger partial charge in [-0.3, -0.25) is 4.79 Å². The van der Waals surface area contributed by atoms with Crippen molar-refractivity contribution >= 4 is 5.91 Å². The van der Waals surface area contributed by atoms with Crippen LogP contribution in [0.5, 0.6) is 5.75 Å². The van der Waals surface area contributed by atoms with E-state index in [0.717, 1.165) is 11.3 Å². The van der Waals surface area contributed by atoms with Crippen LogP contribution in [-0.4, -0.2) is 25.6 Å². The maximum atomic E-state index is 11.4. The fourth-order valence-corrected chi connectivity index (χ4v) is 1.48. The van der Waals surface area contributed by atoms with Gasteiger partial charge in [0, 0.05) is 12.6 Å². The Morgan fingerprint density at radius 3 is 2.82 bits per heavy atom. The average Bonchev–Trinajstić information content (AvgIpc) is 2.28. The fourth-order valence-electron chi connectivity index (χ4n) is 1.48. The SMILES string of the molecule is COc1cccc(CNCC(=O)NC(C)C)c1. The molecule has 0 aliphatic rings. The molecule has 0 fully saturated rings. The number of amides is 1. The van der Waals surface area contributed by atoms with Gasteiger partial charge in [-0.05, 0) is 31.5 Å².